The first kappa shape index (κ1) is 19.1. The molecule has 3 aromatic rings. The molecule has 0 saturated carbocycles. The van der Waals surface area contributed by atoms with Crippen LogP contribution in [0, 0.1) is 5.82 Å². The van der Waals surface area contributed by atoms with Crippen molar-refractivity contribution in [3.05, 3.63) is 59.9 Å². The highest BCUT2D eigenvalue weighted by Crippen LogP contribution is 2.31. The molecule has 9 heteroatoms. The van der Waals surface area contributed by atoms with E-state index in [9.17, 15) is 9.18 Å². The van der Waals surface area contributed by atoms with Gasteiger partial charge in [0.1, 0.15) is 11.6 Å². The second-order valence-corrected chi connectivity index (χ2v) is 7.59. The Morgan fingerprint density at radius 1 is 1.19 bits per heavy atom. The molecule has 140 valence electrons. The molecule has 1 heterocycles. The van der Waals surface area contributed by atoms with E-state index in [1.807, 2.05) is 24.3 Å². The summed E-state index contributed by atoms with van der Waals surface area (Å²) in [4.78, 5) is 12.0. The number of rotatable bonds is 8. The van der Waals surface area contributed by atoms with Crippen LogP contribution in [0.3, 0.4) is 0 Å². The predicted octanol–water partition coefficient (Wildman–Crippen LogP) is 3.84. The number of hydrogen-bond acceptors (Lipinski definition) is 7. The van der Waals surface area contributed by atoms with Gasteiger partial charge in [0, 0.05) is 6.54 Å². The molecule has 27 heavy (non-hydrogen) atoms. The van der Waals surface area contributed by atoms with Gasteiger partial charge >= 0.3 is 0 Å². The fourth-order valence-corrected chi connectivity index (χ4v) is 3.76. The van der Waals surface area contributed by atoms with Crippen molar-refractivity contribution in [2.75, 3.05) is 18.2 Å². The molecule has 0 saturated heterocycles. The van der Waals surface area contributed by atoms with Gasteiger partial charge in [-0.1, -0.05) is 47.4 Å². The van der Waals surface area contributed by atoms with Gasteiger partial charge < -0.3 is 15.4 Å². The van der Waals surface area contributed by atoms with Crippen molar-refractivity contribution in [3.63, 3.8) is 0 Å². The topological polar surface area (TPSA) is 76.1 Å². The average molecular weight is 404 g/mol. The van der Waals surface area contributed by atoms with E-state index in [0.717, 1.165) is 11.3 Å². The summed E-state index contributed by atoms with van der Waals surface area (Å²) in [7, 11) is 1.60. The fourth-order valence-electron chi connectivity index (χ4n) is 2.16. The molecular weight excluding hydrogens is 387 g/mol. The molecule has 0 spiro atoms. The van der Waals surface area contributed by atoms with Gasteiger partial charge in [0.05, 0.1) is 18.6 Å². The number of aromatic nitrogens is 2. The summed E-state index contributed by atoms with van der Waals surface area (Å²) in [6.07, 6.45) is 0. The molecule has 0 aliphatic heterocycles. The van der Waals surface area contributed by atoms with Crippen LogP contribution in [0.15, 0.2) is 52.9 Å². The van der Waals surface area contributed by atoms with E-state index in [4.69, 9.17) is 4.74 Å². The predicted molar refractivity (Wildman–Crippen MR) is 105 cm³/mol. The van der Waals surface area contributed by atoms with Crippen LogP contribution in [0.5, 0.6) is 5.75 Å². The summed E-state index contributed by atoms with van der Waals surface area (Å²) in [6.45, 7) is 0.358. The highest BCUT2D eigenvalue weighted by Gasteiger charge is 2.10. The van der Waals surface area contributed by atoms with Crippen molar-refractivity contribution in [1.29, 1.82) is 0 Å². The standard InChI is InChI=1S/C18H17FN4O2S2/c1-25-15-5-3-2-4-14(15)21-17-22-23-18(27-17)26-11-16(24)20-10-12-6-8-13(19)9-7-12/h2-9H,10-11H2,1H3,(H,20,24)(H,21,22). The van der Waals surface area contributed by atoms with Crippen LogP contribution in [0.1, 0.15) is 5.56 Å². The molecule has 0 bridgehead atoms. The highest BCUT2D eigenvalue weighted by molar-refractivity contribution is 8.01. The number of methoxy groups -OCH3 is 1. The Hall–Kier alpha value is -2.65. The van der Waals surface area contributed by atoms with Crippen molar-refractivity contribution >= 4 is 39.8 Å². The number of nitrogens with zero attached hydrogens (tertiary/aromatic N) is 2. The molecule has 0 radical (unpaired) electrons. The average Bonchev–Trinajstić information content (AvgIpc) is 3.14. The summed E-state index contributed by atoms with van der Waals surface area (Å²) >= 11 is 2.67. The van der Waals surface area contributed by atoms with Crippen molar-refractivity contribution in [2.24, 2.45) is 0 Å². The number of ether oxygens (including phenoxy) is 1. The largest absolute Gasteiger partial charge is 0.495 e. The van der Waals surface area contributed by atoms with E-state index in [1.165, 1.54) is 35.2 Å². The first-order valence-corrected chi connectivity index (χ1v) is 9.82. The zero-order chi connectivity index (χ0) is 19.1. The van der Waals surface area contributed by atoms with Crippen LogP contribution < -0.4 is 15.4 Å². The minimum atomic E-state index is -0.297. The van der Waals surface area contributed by atoms with Crippen LogP contribution >= 0.6 is 23.1 Å². The number of nitrogens with one attached hydrogen (secondary N) is 2. The molecule has 1 amide bonds. The van der Waals surface area contributed by atoms with Crippen LogP contribution in [0.25, 0.3) is 0 Å². The number of halogens is 1. The third kappa shape index (κ3) is 5.66. The van der Waals surface area contributed by atoms with Gasteiger partial charge in [0.2, 0.25) is 11.0 Å². The molecule has 0 aliphatic rings. The molecule has 0 unspecified atom stereocenters. The number of benzene rings is 2. The van der Waals surface area contributed by atoms with E-state index in [1.54, 1.807) is 19.2 Å². The Morgan fingerprint density at radius 2 is 1.96 bits per heavy atom. The summed E-state index contributed by atoms with van der Waals surface area (Å²) in [6, 6.07) is 13.5. The van der Waals surface area contributed by atoms with E-state index in [2.05, 4.69) is 20.8 Å². The Balaban J connectivity index is 1.47. The molecule has 0 atom stereocenters. The number of carbonyl (C=O) groups excluding carboxylic acids is 1. The molecule has 2 N–H and O–H groups in total. The summed E-state index contributed by atoms with van der Waals surface area (Å²) in [5.74, 6) is 0.514. The third-order valence-electron chi connectivity index (χ3n) is 3.48. The van der Waals surface area contributed by atoms with Crippen LogP contribution in [0.4, 0.5) is 15.2 Å². The van der Waals surface area contributed by atoms with Crippen molar-refractivity contribution in [1.82, 2.24) is 15.5 Å². The van der Waals surface area contributed by atoms with E-state index < -0.39 is 0 Å². The van der Waals surface area contributed by atoms with Crippen molar-refractivity contribution in [2.45, 2.75) is 10.9 Å². The number of thioether (sulfide) groups is 1. The van der Waals surface area contributed by atoms with E-state index >= 15 is 0 Å². The lowest BCUT2D eigenvalue weighted by Gasteiger charge is -2.07. The van der Waals surface area contributed by atoms with Crippen LogP contribution in [0.2, 0.25) is 0 Å². The zero-order valence-corrected chi connectivity index (χ0v) is 16.1. The van der Waals surface area contributed by atoms with Crippen LogP contribution in [-0.4, -0.2) is 29.0 Å². The minimum Gasteiger partial charge on any atom is -0.495 e. The van der Waals surface area contributed by atoms with Gasteiger partial charge in [-0.2, -0.15) is 0 Å². The molecular formula is C18H17FN4O2S2. The van der Waals surface area contributed by atoms with Crippen molar-refractivity contribution < 1.29 is 13.9 Å². The molecule has 1 aromatic heterocycles. The molecule has 0 fully saturated rings. The first-order chi connectivity index (χ1) is 13.1. The van der Waals surface area contributed by atoms with E-state index in [-0.39, 0.29) is 17.5 Å². The smallest absolute Gasteiger partial charge is 0.230 e. The number of carbonyl (C=O) groups is 1. The summed E-state index contributed by atoms with van der Waals surface area (Å²) in [5.41, 5.74) is 1.64. The number of para-hydroxylation sites is 2. The second kappa shape index (κ2) is 9.33. The normalized spacial score (nSPS) is 10.4. The van der Waals surface area contributed by atoms with Gasteiger partial charge in [-0.15, -0.1) is 10.2 Å². The minimum absolute atomic E-state index is 0.126. The van der Waals surface area contributed by atoms with Gasteiger partial charge in [-0.25, -0.2) is 4.39 Å². The van der Waals surface area contributed by atoms with E-state index in [0.29, 0.717) is 21.8 Å². The zero-order valence-electron chi connectivity index (χ0n) is 14.4. The quantitative estimate of drug-likeness (QED) is 0.556. The lowest BCUT2D eigenvalue weighted by atomic mass is 10.2. The van der Waals surface area contributed by atoms with Gasteiger partial charge in [-0.3, -0.25) is 4.79 Å². The fraction of sp³-hybridized carbons (Fsp3) is 0.167. The Bertz CT molecular complexity index is 902. The van der Waals surface area contributed by atoms with Gasteiger partial charge in [0.25, 0.3) is 0 Å². The SMILES string of the molecule is COc1ccccc1Nc1nnc(SCC(=O)NCc2ccc(F)cc2)s1. The Kier molecular flexibility index (Phi) is 6.61. The number of amides is 1. The summed E-state index contributed by atoms with van der Waals surface area (Å²) < 4.78 is 18.8. The molecule has 6 nitrogen and oxygen atoms in total. The lowest BCUT2D eigenvalue weighted by molar-refractivity contribution is -0.118. The first-order valence-electron chi connectivity index (χ1n) is 8.01. The van der Waals surface area contributed by atoms with Gasteiger partial charge in [-0.05, 0) is 29.8 Å². The maximum absolute atomic E-state index is 12.9. The Labute approximate surface area is 164 Å². The lowest BCUT2D eigenvalue weighted by Crippen LogP contribution is -2.24. The second-order valence-electron chi connectivity index (χ2n) is 5.39. The molecule has 0 aliphatic carbocycles. The van der Waals surface area contributed by atoms with Crippen molar-refractivity contribution in [3.8, 4) is 5.75 Å². The number of anilines is 2. The Morgan fingerprint density at radius 3 is 2.74 bits per heavy atom. The summed E-state index contributed by atoms with van der Waals surface area (Å²) in [5, 5.41) is 14.7. The maximum Gasteiger partial charge on any atom is 0.230 e. The maximum atomic E-state index is 12.9. The number of hydrogen-bond donors (Lipinski definition) is 2. The monoisotopic (exact) mass is 404 g/mol. The van der Waals surface area contributed by atoms with Gasteiger partial charge in [0.15, 0.2) is 4.34 Å². The highest BCUT2D eigenvalue weighted by atomic mass is 32.2. The molecule has 2 aromatic carbocycles. The molecule has 3 rings (SSSR count). The third-order valence-corrected chi connectivity index (χ3v) is 5.46. The van der Waals surface area contributed by atoms with Crippen LogP contribution in [-0.2, 0) is 11.3 Å².